The average Bonchev–Trinajstić information content (AvgIpc) is 3.69. The van der Waals surface area contributed by atoms with E-state index in [2.05, 4.69) is 42.5 Å². The molecule has 0 saturated carbocycles. The molecule has 15 N–H and O–H groups in total. The molecule has 25 nitrogen and oxygen atoms in total. The number of carbonyl (C=O) groups excluding carboxylic acids is 12. The zero-order chi connectivity index (χ0) is 52.4. The third-order valence-electron chi connectivity index (χ3n) is 11.5. The number of hydrogen-bond donors (Lipinski definition) is 12. The summed E-state index contributed by atoms with van der Waals surface area (Å²) >= 11 is 0. The van der Waals surface area contributed by atoms with Crippen LogP contribution >= 0.6 is 0 Å². The van der Waals surface area contributed by atoms with E-state index in [-0.39, 0.29) is 24.5 Å². The fraction of sp³-hybridized carbons (Fsp3) is 0.591. The summed E-state index contributed by atoms with van der Waals surface area (Å²) in [6, 6.07) is -5.34. The zero-order valence-electron chi connectivity index (χ0n) is 39.5. The van der Waals surface area contributed by atoms with Crippen molar-refractivity contribution in [3.8, 4) is 5.75 Å². The predicted octanol–water partition coefficient (Wildman–Crippen LogP) is -4.47. The van der Waals surface area contributed by atoms with Crippen molar-refractivity contribution in [3.05, 3.63) is 29.8 Å². The first-order valence-electron chi connectivity index (χ1n) is 22.8. The van der Waals surface area contributed by atoms with E-state index in [1.54, 1.807) is 27.7 Å². The normalized spacial score (nSPS) is 24.0. The number of amides is 12. The third-order valence-corrected chi connectivity index (χ3v) is 11.5. The van der Waals surface area contributed by atoms with Gasteiger partial charge in [-0.1, -0.05) is 46.2 Å². The van der Waals surface area contributed by atoms with Crippen LogP contribution in [0, 0.1) is 11.8 Å². The summed E-state index contributed by atoms with van der Waals surface area (Å²) in [5.41, 5.74) is 16.4. The van der Waals surface area contributed by atoms with Crippen LogP contribution in [0.3, 0.4) is 0 Å². The van der Waals surface area contributed by atoms with Gasteiger partial charge < -0.3 is 69.7 Å². The lowest BCUT2D eigenvalue weighted by molar-refractivity contribution is -0.143. The number of nitrogens with zero attached hydrogens (tertiary/aromatic N) is 1. The minimum Gasteiger partial charge on any atom is -0.508 e. The topological polar surface area (TPSA) is 403 Å². The van der Waals surface area contributed by atoms with Gasteiger partial charge >= 0.3 is 0 Å². The molecule has 26 heteroatoms. The van der Waals surface area contributed by atoms with Crippen LogP contribution in [0.2, 0.25) is 0 Å². The summed E-state index contributed by atoms with van der Waals surface area (Å²) in [6.07, 6.45) is -5.26. The Morgan fingerprint density at radius 2 is 1.43 bits per heavy atom. The molecule has 2 saturated heterocycles. The van der Waals surface area contributed by atoms with E-state index in [4.69, 9.17) is 17.2 Å². The summed E-state index contributed by atoms with van der Waals surface area (Å²) in [7, 11) is 0. The fourth-order valence-corrected chi connectivity index (χ4v) is 7.60. The molecule has 1 aromatic rings. The highest BCUT2D eigenvalue weighted by Gasteiger charge is 2.44. The Morgan fingerprint density at radius 3 is 2.03 bits per heavy atom. The monoisotopic (exact) mass is 988 g/mol. The molecular weight excluding hydrogens is 924 g/mol. The van der Waals surface area contributed by atoms with Crippen molar-refractivity contribution in [1.29, 1.82) is 0 Å². The van der Waals surface area contributed by atoms with Crippen LogP contribution < -0.4 is 59.7 Å². The first-order chi connectivity index (χ1) is 32.9. The van der Waals surface area contributed by atoms with Gasteiger partial charge in [0.2, 0.25) is 70.9 Å². The Balaban J connectivity index is 2.08. The molecular formula is C44H65FN12O13. The number of phenols is 1. The third kappa shape index (κ3) is 18.2. The van der Waals surface area contributed by atoms with Crippen LogP contribution in [-0.2, 0) is 64.0 Å². The van der Waals surface area contributed by atoms with Gasteiger partial charge in [0.15, 0.2) is 0 Å². The number of nitrogens with two attached hydrogens (primary N) is 3. The molecule has 12 amide bonds. The molecule has 3 rings (SSSR count). The van der Waals surface area contributed by atoms with E-state index in [0.29, 0.717) is 12.0 Å². The molecule has 2 fully saturated rings. The first-order valence-corrected chi connectivity index (χ1v) is 22.8. The van der Waals surface area contributed by atoms with Gasteiger partial charge in [-0.2, -0.15) is 0 Å². The first kappa shape index (κ1) is 56.9. The summed E-state index contributed by atoms with van der Waals surface area (Å²) in [5, 5.41) is 29.2. The van der Waals surface area contributed by atoms with Crippen LogP contribution in [0.1, 0.15) is 84.6 Å². The van der Waals surface area contributed by atoms with Crippen LogP contribution in [-0.4, -0.2) is 149 Å². The van der Waals surface area contributed by atoms with Crippen molar-refractivity contribution < 1.29 is 67.0 Å². The standard InChI is InChI=1S/C44H65FN12O13/c1-5-22(4)37-43(69)52-26(10-12-32(46)59)39(65)54-30(17-33(47)60)40(66)53-27(11-13-35(62)49-19-36(63)51-29(41(67)56-37)15-23-6-8-25(58)9-7-23)44(70)57-20-24(45)16-31(57)42(68)55-28(14-21(2)3)38(64)50-18-34(48)61/h6-9,21-22,24,26-31,37,58H,5,10-20H2,1-4H3,(H2,46,59)(H2,47,60)(H2,48,61)(H,49,62)(H,50,64)(H,51,63)(H,52,69)(H,53,66)(H,54,65)(H,55,68)(H,56,67)/t22-,24+,26-,27-,28-,29-,30-,31-,37-/m0/s1. The summed E-state index contributed by atoms with van der Waals surface area (Å²) in [6.45, 7) is 4.81. The van der Waals surface area contributed by atoms with Crippen LogP contribution in [0.15, 0.2) is 24.3 Å². The molecule has 0 aliphatic carbocycles. The maximum absolute atomic E-state index is 15.3. The number of rotatable bonds is 17. The zero-order valence-corrected chi connectivity index (χ0v) is 39.5. The molecule has 9 atom stereocenters. The number of halogens is 1. The van der Waals surface area contributed by atoms with Crippen molar-refractivity contribution in [3.63, 3.8) is 0 Å². The lowest BCUT2D eigenvalue weighted by Gasteiger charge is -2.31. The largest absolute Gasteiger partial charge is 0.508 e. The van der Waals surface area contributed by atoms with Gasteiger partial charge in [-0.25, -0.2) is 4.39 Å². The second kappa shape index (κ2) is 27.0. The van der Waals surface area contributed by atoms with Crippen molar-refractivity contribution in [1.82, 2.24) is 47.4 Å². The molecule has 1 aromatic carbocycles. The lowest BCUT2D eigenvalue weighted by atomic mass is 9.96. The maximum Gasteiger partial charge on any atom is 0.245 e. The van der Waals surface area contributed by atoms with Gasteiger partial charge in [0, 0.05) is 25.7 Å². The molecule has 0 bridgehead atoms. The molecule has 0 spiro atoms. The number of primary amides is 3. The Bertz CT molecular complexity index is 2130. The number of alkyl halides is 1. The molecule has 0 aromatic heterocycles. The van der Waals surface area contributed by atoms with Gasteiger partial charge in [-0.05, 0) is 48.8 Å². The van der Waals surface area contributed by atoms with Crippen molar-refractivity contribution >= 4 is 70.9 Å². The summed E-state index contributed by atoms with van der Waals surface area (Å²) in [4.78, 5) is 160. The minimum absolute atomic E-state index is 0.0482. The second-order valence-corrected chi connectivity index (χ2v) is 17.8. The predicted molar refractivity (Wildman–Crippen MR) is 244 cm³/mol. The second-order valence-electron chi connectivity index (χ2n) is 17.8. The van der Waals surface area contributed by atoms with Crippen molar-refractivity contribution in [2.45, 2.75) is 134 Å². The quantitative estimate of drug-likeness (QED) is 0.0702. The van der Waals surface area contributed by atoms with Gasteiger partial charge in [-0.15, -0.1) is 0 Å². The van der Waals surface area contributed by atoms with Crippen LogP contribution in [0.4, 0.5) is 4.39 Å². The van der Waals surface area contributed by atoms with Crippen molar-refractivity contribution in [2.75, 3.05) is 19.6 Å². The van der Waals surface area contributed by atoms with Gasteiger partial charge in [0.25, 0.3) is 0 Å². The van der Waals surface area contributed by atoms with E-state index in [9.17, 15) is 62.6 Å². The van der Waals surface area contributed by atoms with E-state index in [1.807, 2.05) is 0 Å². The number of likely N-dealkylation sites (tertiary alicyclic amines) is 1. The molecule has 2 aliphatic heterocycles. The highest BCUT2D eigenvalue weighted by molar-refractivity contribution is 6.00. The van der Waals surface area contributed by atoms with E-state index < -0.39 is 183 Å². The number of nitrogens with one attached hydrogen (secondary N) is 8. The van der Waals surface area contributed by atoms with Crippen LogP contribution in [0.25, 0.3) is 0 Å². The Morgan fingerprint density at radius 1 is 0.800 bits per heavy atom. The molecule has 2 aliphatic rings. The number of benzene rings is 1. The van der Waals surface area contributed by atoms with E-state index in [0.717, 1.165) is 4.90 Å². The number of aromatic hydroxyl groups is 1. The molecule has 70 heavy (non-hydrogen) atoms. The Labute approximate surface area is 402 Å². The average molecular weight is 989 g/mol. The van der Waals surface area contributed by atoms with Gasteiger partial charge in [0.1, 0.15) is 54.2 Å². The number of carbonyl (C=O) groups is 12. The Kier molecular flexibility index (Phi) is 21.9. The fourth-order valence-electron chi connectivity index (χ4n) is 7.60. The maximum atomic E-state index is 15.3. The highest BCUT2D eigenvalue weighted by atomic mass is 19.1. The summed E-state index contributed by atoms with van der Waals surface area (Å²) < 4.78 is 15.3. The van der Waals surface area contributed by atoms with Crippen molar-refractivity contribution in [2.24, 2.45) is 29.0 Å². The SMILES string of the molecule is CC[C@H](C)[C@@H]1NC(=O)[C@H](Cc2ccc(O)cc2)NC(=O)CNC(=O)CC[C@@H](C(=O)N2C[C@H](F)C[C@H]2C(=O)N[C@@H](CC(C)C)C(=O)NCC(N)=O)NC(=O)[C@H](CC(N)=O)NC(=O)[C@H](CCC(N)=O)NC1=O. The number of hydrogen-bond acceptors (Lipinski definition) is 13. The summed E-state index contributed by atoms with van der Waals surface area (Å²) in [5.74, 6) is -12.7. The minimum atomic E-state index is -1.90. The molecule has 2 heterocycles. The highest BCUT2D eigenvalue weighted by Crippen LogP contribution is 2.24. The number of phenolic OH excluding ortho intramolecular Hbond substituents is 1. The molecule has 0 unspecified atom stereocenters. The van der Waals surface area contributed by atoms with Gasteiger partial charge in [-0.3, -0.25) is 57.5 Å². The Hall–Kier alpha value is -7.41. The smallest absolute Gasteiger partial charge is 0.245 e. The molecule has 0 radical (unpaired) electrons. The van der Waals surface area contributed by atoms with Crippen LogP contribution in [0.5, 0.6) is 5.75 Å². The van der Waals surface area contributed by atoms with E-state index in [1.165, 1.54) is 24.3 Å². The lowest BCUT2D eigenvalue weighted by Crippen LogP contribution is -2.61. The van der Waals surface area contributed by atoms with E-state index >= 15 is 4.39 Å². The van der Waals surface area contributed by atoms with Gasteiger partial charge in [0.05, 0.1) is 26.1 Å². The molecule has 386 valence electrons.